The van der Waals surface area contributed by atoms with Crippen LogP contribution in [0.3, 0.4) is 0 Å². The van der Waals surface area contributed by atoms with Gasteiger partial charge in [0.25, 0.3) is 5.91 Å². The molecule has 0 saturated carbocycles. The van der Waals surface area contributed by atoms with Gasteiger partial charge in [0.1, 0.15) is 0 Å². The molecule has 0 aromatic heterocycles. The first-order valence-electron chi connectivity index (χ1n) is 8.63. The van der Waals surface area contributed by atoms with E-state index >= 15 is 0 Å². The number of piperidine rings is 1. The Morgan fingerprint density at radius 3 is 2.38 bits per heavy atom. The lowest BCUT2D eigenvalue weighted by atomic mass is 10.1. The second kappa shape index (κ2) is 8.64. The summed E-state index contributed by atoms with van der Waals surface area (Å²) in [7, 11) is 0. The van der Waals surface area contributed by atoms with Crippen LogP contribution in [0.1, 0.15) is 28.8 Å². The minimum Gasteiger partial charge on any atom is -0.393 e. The summed E-state index contributed by atoms with van der Waals surface area (Å²) in [5.41, 5.74) is 2.25. The molecule has 2 amide bonds. The van der Waals surface area contributed by atoms with Gasteiger partial charge in [-0.2, -0.15) is 0 Å². The van der Waals surface area contributed by atoms with E-state index in [1.165, 1.54) is 0 Å². The number of nitrogens with one attached hydrogen (secondary N) is 1. The van der Waals surface area contributed by atoms with Gasteiger partial charge in [-0.1, -0.05) is 24.3 Å². The number of carbonyl (C=O) groups excluding carboxylic acids is 2. The molecule has 2 N–H and O–H groups in total. The van der Waals surface area contributed by atoms with E-state index < -0.39 is 0 Å². The van der Waals surface area contributed by atoms with Gasteiger partial charge >= 0.3 is 0 Å². The molecule has 2 aromatic carbocycles. The maximum atomic E-state index is 12.3. The van der Waals surface area contributed by atoms with Crippen LogP contribution in [-0.4, -0.2) is 41.0 Å². The third kappa shape index (κ3) is 4.82. The first-order valence-corrected chi connectivity index (χ1v) is 9.71. The predicted octanol–water partition coefficient (Wildman–Crippen LogP) is 3.07. The van der Waals surface area contributed by atoms with Crippen LogP contribution in [-0.2, 0) is 11.2 Å². The minimum absolute atomic E-state index is 0.0764. The van der Waals surface area contributed by atoms with Crippen LogP contribution in [0.15, 0.2) is 48.5 Å². The summed E-state index contributed by atoms with van der Waals surface area (Å²) in [6.45, 7) is 1.23. The standard InChI is InChI=1S/C20H21IN2O3/c21-18-4-2-1-3-17(18)20(26)22-15-7-5-14(6-8-15)13-19(25)23-11-9-16(24)10-12-23/h1-8,16,24H,9-13H2,(H,22,26). The molecule has 1 heterocycles. The smallest absolute Gasteiger partial charge is 0.256 e. The van der Waals surface area contributed by atoms with E-state index in [4.69, 9.17) is 0 Å². The molecule has 5 nitrogen and oxygen atoms in total. The number of hydrogen-bond donors (Lipinski definition) is 2. The normalized spacial score (nSPS) is 14.9. The van der Waals surface area contributed by atoms with E-state index in [1.807, 2.05) is 42.5 Å². The Hall–Kier alpha value is -1.93. The van der Waals surface area contributed by atoms with E-state index in [9.17, 15) is 14.7 Å². The van der Waals surface area contributed by atoms with Gasteiger partial charge in [-0.3, -0.25) is 9.59 Å². The van der Waals surface area contributed by atoms with Gasteiger partial charge in [0.05, 0.1) is 18.1 Å². The summed E-state index contributed by atoms with van der Waals surface area (Å²) in [5, 5.41) is 12.4. The molecule has 0 aliphatic carbocycles. The fourth-order valence-corrected chi connectivity index (χ4v) is 3.58. The highest BCUT2D eigenvalue weighted by molar-refractivity contribution is 14.1. The van der Waals surface area contributed by atoms with Gasteiger partial charge in [0, 0.05) is 22.3 Å². The van der Waals surface area contributed by atoms with Crippen molar-refractivity contribution in [3.63, 3.8) is 0 Å². The molecule has 26 heavy (non-hydrogen) atoms. The van der Waals surface area contributed by atoms with Gasteiger partial charge in [-0.05, 0) is 65.3 Å². The minimum atomic E-state index is -0.283. The van der Waals surface area contributed by atoms with E-state index in [0.29, 0.717) is 43.6 Å². The van der Waals surface area contributed by atoms with Gasteiger partial charge in [-0.15, -0.1) is 0 Å². The van der Waals surface area contributed by atoms with Gasteiger partial charge in [-0.25, -0.2) is 0 Å². The number of rotatable bonds is 4. The van der Waals surface area contributed by atoms with E-state index in [2.05, 4.69) is 27.9 Å². The maximum Gasteiger partial charge on any atom is 0.256 e. The molecule has 0 unspecified atom stereocenters. The number of aliphatic hydroxyl groups excluding tert-OH is 1. The fraction of sp³-hybridized carbons (Fsp3) is 0.300. The highest BCUT2D eigenvalue weighted by atomic mass is 127. The largest absolute Gasteiger partial charge is 0.393 e. The summed E-state index contributed by atoms with van der Waals surface area (Å²) in [6, 6.07) is 14.8. The second-order valence-electron chi connectivity index (χ2n) is 6.42. The molecular weight excluding hydrogens is 443 g/mol. The monoisotopic (exact) mass is 464 g/mol. The molecule has 0 radical (unpaired) electrons. The average molecular weight is 464 g/mol. The fourth-order valence-electron chi connectivity index (χ4n) is 2.95. The summed E-state index contributed by atoms with van der Waals surface area (Å²) in [5.74, 6) is -0.0711. The zero-order chi connectivity index (χ0) is 18.5. The number of benzene rings is 2. The van der Waals surface area contributed by atoms with E-state index in [0.717, 1.165) is 9.13 Å². The maximum absolute atomic E-state index is 12.3. The van der Waals surface area contributed by atoms with Crippen molar-refractivity contribution in [1.82, 2.24) is 4.90 Å². The van der Waals surface area contributed by atoms with E-state index in [1.54, 1.807) is 11.0 Å². The number of halogens is 1. The molecule has 0 bridgehead atoms. The number of amides is 2. The summed E-state index contributed by atoms with van der Waals surface area (Å²) in [6.07, 6.45) is 1.35. The molecule has 0 atom stereocenters. The molecule has 6 heteroatoms. The zero-order valence-corrected chi connectivity index (χ0v) is 16.5. The van der Waals surface area contributed by atoms with Gasteiger partial charge in [0.2, 0.25) is 5.91 Å². The van der Waals surface area contributed by atoms with Crippen LogP contribution < -0.4 is 5.32 Å². The highest BCUT2D eigenvalue weighted by Crippen LogP contribution is 2.17. The van der Waals surface area contributed by atoms with Crippen LogP contribution in [0, 0.1) is 3.57 Å². The van der Waals surface area contributed by atoms with Crippen molar-refractivity contribution >= 4 is 40.1 Å². The SMILES string of the molecule is O=C(Nc1ccc(CC(=O)N2CCC(O)CC2)cc1)c1ccccc1I. The van der Waals surface area contributed by atoms with Gasteiger partial charge < -0.3 is 15.3 Å². The lowest BCUT2D eigenvalue weighted by Crippen LogP contribution is -2.40. The summed E-state index contributed by atoms with van der Waals surface area (Å²) in [4.78, 5) is 26.5. The Bertz CT molecular complexity index is 784. The average Bonchev–Trinajstić information content (AvgIpc) is 2.64. The third-order valence-electron chi connectivity index (χ3n) is 4.50. The van der Waals surface area contributed by atoms with Crippen molar-refractivity contribution in [2.24, 2.45) is 0 Å². The van der Waals surface area contributed by atoms with Crippen molar-refractivity contribution in [1.29, 1.82) is 0 Å². The van der Waals surface area contributed by atoms with Crippen molar-refractivity contribution in [2.45, 2.75) is 25.4 Å². The third-order valence-corrected chi connectivity index (χ3v) is 5.44. The quantitative estimate of drug-likeness (QED) is 0.684. The molecule has 1 saturated heterocycles. The molecular formula is C20H21IN2O3. The Kier molecular flexibility index (Phi) is 6.26. The Morgan fingerprint density at radius 2 is 1.73 bits per heavy atom. The number of nitrogens with zero attached hydrogens (tertiary/aromatic N) is 1. The Morgan fingerprint density at radius 1 is 1.08 bits per heavy atom. The molecule has 1 aliphatic heterocycles. The number of likely N-dealkylation sites (tertiary alicyclic amines) is 1. The molecule has 2 aromatic rings. The molecule has 0 spiro atoms. The molecule has 3 rings (SSSR count). The predicted molar refractivity (Wildman–Crippen MR) is 109 cm³/mol. The zero-order valence-electron chi connectivity index (χ0n) is 14.3. The lowest BCUT2D eigenvalue weighted by molar-refractivity contribution is -0.132. The van der Waals surface area contributed by atoms with Crippen molar-refractivity contribution in [2.75, 3.05) is 18.4 Å². The second-order valence-corrected chi connectivity index (χ2v) is 7.58. The van der Waals surface area contributed by atoms with Crippen LogP contribution >= 0.6 is 22.6 Å². The number of aliphatic hydroxyl groups is 1. The van der Waals surface area contributed by atoms with Crippen molar-refractivity contribution in [3.8, 4) is 0 Å². The molecule has 1 fully saturated rings. The number of hydrogen-bond acceptors (Lipinski definition) is 3. The lowest BCUT2D eigenvalue weighted by Gasteiger charge is -2.29. The van der Waals surface area contributed by atoms with E-state index in [-0.39, 0.29) is 17.9 Å². The van der Waals surface area contributed by atoms with Crippen LogP contribution in [0.4, 0.5) is 5.69 Å². The Labute approximate surface area is 166 Å². The molecule has 136 valence electrons. The summed E-state index contributed by atoms with van der Waals surface area (Å²) < 4.78 is 0.900. The van der Waals surface area contributed by atoms with Crippen molar-refractivity contribution < 1.29 is 14.7 Å². The Balaban J connectivity index is 1.57. The number of carbonyl (C=O) groups is 2. The topological polar surface area (TPSA) is 69.6 Å². The highest BCUT2D eigenvalue weighted by Gasteiger charge is 2.21. The first-order chi connectivity index (χ1) is 12.5. The summed E-state index contributed by atoms with van der Waals surface area (Å²) >= 11 is 2.14. The first kappa shape index (κ1) is 18.8. The van der Waals surface area contributed by atoms with Crippen LogP contribution in [0.5, 0.6) is 0 Å². The number of anilines is 1. The van der Waals surface area contributed by atoms with Crippen LogP contribution in [0.2, 0.25) is 0 Å². The van der Waals surface area contributed by atoms with Crippen molar-refractivity contribution in [3.05, 3.63) is 63.2 Å². The van der Waals surface area contributed by atoms with Crippen LogP contribution in [0.25, 0.3) is 0 Å². The van der Waals surface area contributed by atoms with Gasteiger partial charge in [0.15, 0.2) is 0 Å². The molecule has 1 aliphatic rings.